The second-order valence-corrected chi connectivity index (χ2v) is 7.58. The highest BCUT2D eigenvalue weighted by molar-refractivity contribution is 6.00. The summed E-state index contributed by atoms with van der Waals surface area (Å²) < 4.78 is 24.9. The van der Waals surface area contributed by atoms with Gasteiger partial charge in [0.2, 0.25) is 0 Å². The van der Waals surface area contributed by atoms with Gasteiger partial charge in [-0.1, -0.05) is 6.07 Å². The summed E-state index contributed by atoms with van der Waals surface area (Å²) in [5, 5.41) is 7.47. The maximum atomic E-state index is 13.7. The van der Waals surface area contributed by atoms with Gasteiger partial charge in [0, 0.05) is 41.5 Å². The third-order valence-electron chi connectivity index (χ3n) is 5.37. The van der Waals surface area contributed by atoms with Crippen LogP contribution in [0.2, 0.25) is 0 Å². The molecule has 0 fully saturated rings. The van der Waals surface area contributed by atoms with Gasteiger partial charge in [-0.15, -0.1) is 0 Å². The molecule has 0 saturated carbocycles. The van der Waals surface area contributed by atoms with Gasteiger partial charge in [-0.2, -0.15) is 5.10 Å². The minimum atomic E-state index is -0.391. The van der Waals surface area contributed by atoms with Crippen LogP contribution in [-0.2, 0) is 6.42 Å². The lowest BCUT2D eigenvalue weighted by Gasteiger charge is -2.13. The van der Waals surface area contributed by atoms with Crippen molar-refractivity contribution in [1.82, 2.24) is 20.2 Å². The van der Waals surface area contributed by atoms with Crippen LogP contribution in [0, 0.1) is 5.82 Å². The molecule has 4 rings (SSSR count). The molecule has 8 heteroatoms. The van der Waals surface area contributed by atoms with Gasteiger partial charge >= 0.3 is 0 Å². The summed E-state index contributed by atoms with van der Waals surface area (Å²) in [7, 11) is 1.49. The lowest BCUT2D eigenvalue weighted by Crippen LogP contribution is -2.01. The van der Waals surface area contributed by atoms with E-state index < -0.39 is 5.82 Å². The number of nitrogens with zero attached hydrogens (tertiary/aromatic N) is 3. The summed E-state index contributed by atoms with van der Waals surface area (Å²) in [6, 6.07) is 11.6. The summed E-state index contributed by atoms with van der Waals surface area (Å²) in [6.07, 6.45) is 4.27. The number of methoxy groups -OCH3 is 1. The lowest BCUT2D eigenvalue weighted by atomic mass is 10.0. The number of ketones is 1. The van der Waals surface area contributed by atoms with Gasteiger partial charge in [0.25, 0.3) is 0 Å². The standard InChI is InChI=1S/C25H25FN4O3/c1-3-33-24-14-21(18-11-9-17(26)13-23(18)32-2)29-20-12-16(8-10-19(20)24)22(31)6-4-5-7-25-27-15-28-30-25/h8-15H,3-7H2,1-2H3,(H,27,28,30). The number of nitrogens with one attached hydrogen (secondary N) is 1. The molecule has 1 N–H and O–H groups in total. The molecular formula is C25H25FN4O3. The van der Waals surface area contributed by atoms with E-state index in [9.17, 15) is 9.18 Å². The molecule has 0 saturated heterocycles. The van der Waals surface area contributed by atoms with Gasteiger partial charge in [0.1, 0.15) is 29.5 Å². The topological polar surface area (TPSA) is 90.0 Å². The number of aromatic amines is 1. The van der Waals surface area contributed by atoms with E-state index in [2.05, 4.69) is 15.2 Å². The van der Waals surface area contributed by atoms with Crippen LogP contribution in [0.5, 0.6) is 11.5 Å². The summed E-state index contributed by atoms with van der Waals surface area (Å²) in [5.41, 5.74) is 2.46. The Morgan fingerprint density at radius 3 is 2.73 bits per heavy atom. The first kappa shape index (κ1) is 22.4. The number of H-pyrrole nitrogens is 1. The SMILES string of the molecule is CCOc1cc(-c2ccc(F)cc2OC)nc2cc(C(=O)CCCCc3ncn[nH]3)ccc12. The van der Waals surface area contributed by atoms with Gasteiger partial charge in [0.15, 0.2) is 5.78 Å². The number of aryl methyl sites for hydroxylation is 1. The van der Waals surface area contributed by atoms with Crippen molar-refractivity contribution in [1.29, 1.82) is 0 Å². The number of Topliss-reactive ketones (excluding diaryl/α,β-unsaturated/α-hetero) is 1. The molecular weight excluding hydrogens is 423 g/mol. The van der Waals surface area contributed by atoms with Crippen LogP contribution in [0.3, 0.4) is 0 Å². The minimum Gasteiger partial charge on any atom is -0.496 e. The Balaban J connectivity index is 1.61. The number of unbranched alkanes of at least 4 members (excludes halogenated alkanes) is 1. The van der Waals surface area contributed by atoms with Crippen LogP contribution in [0.25, 0.3) is 22.2 Å². The number of fused-ring (bicyclic) bond motifs is 1. The number of halogens is 1. The fourth-order valence-corrected chi connectivity index (χ4v) is 3.73. The lowest BCUT2D eigenvalue weighted by molar-refractivity contribution is 0.0979. The molecule has 2 aromatic heterocycles. The fraction of sp³-hybridized carbons (Fsp3) is 0.280. The molecule has 4 aromatic rings. The molecule has 33 heavy (non-hydrogen) atoms. The van der Waals surface area contributed by atoms with E-state index in [1.165, 1.54) is 25.6 Å². The Bertz CT molecular complexity index is 1260. The number of hydrogen-bond donors (Lipinski definition) is 1. The fourth-order valence-electron chi connectivity index (χ4n) is 3.73. The Hall–Kier alpha value is -3.81. The number of hydrogen-bond acceptors (Lipinski definition) is 6. The molecule has 0 unspecified atom stereocenters. The summed E-state index contributed by atoms with van der Waals surface area (Å²) >= 11 is 0. The van der Waals surface area contributed by atoms with E-state index in [4.69, 9.17) is 14.5 Å². The Labute approximate surface area is 191 Å². The van der Waals surface area contributed by atoms with Crippen molar-refractivity contribution in [3.05, 3.63) is 66.0 Å². The third-order valence-corrected chi connectivity index (χ3v) is 5.37. The Kier molecular flexibility index (Phi) is 6.92. The van der Waals surface area contributed by atoms with Crippen LogP contribution in [0.4, 0.5) is 4.39 Å². The Morgan fingerprint density at radius 2 is 1.97 bits per heavy atom. The average Bonchev–Trinajstić information content (AvgIpc) is 3.35. The van der Waals surface area contributed by atoms with E-state index in [1.807, 2.05) is 25.1 Å². The van der Waals surface area contributed by atoms with E-state index in [-0.39, 0.29) is 5.78 Å². The zero-order valence-corrected chi connectivity index (χ0v) is 18.6. The second kappa shape index (κ2) is 10.2. The molecule has 2 aromatic carbocycles. The number of ether oxygens (including phenoxy) is 2. The molecule has 0 amide bonds. The predicted molar refractivity (Wildman–Crippen MR) is 123 cm³/mol. The normalized spacial score (nSPS) is 11.0. The van der Waals surface area contributed by atoms with Crippen molar-refractivity contribution < 1.29 is 18.7 Å². The summed E-state index contributed by atoms with van der Waals surface area (Å²) in [5.74, 6) is 1.51. The van der Waals surface area contributed by atoms with Gasteiger partial charge in [-0.05, 0) is 44.0 Å². The number of carbonyl (C=O) groups is 1. The van der Waals surface area contributed by atoms with Gasteiger partial charge in [0.05, 0.1) is 24.9 Å². The first-order valence-electron chi connectivity index (χ1n) is 10.9. The van der Waals surface area contributed by atoms with E-state index in [0.29, 0.717) is 46.9 Å². The third kappa shape index (κ3) is 5.16. The first-order valence-corrected chi connectivity index (χ1v) is 10.9. The molecule has 7 nitrogen and oxygen atoms in total. The highest BCUT2D eigenvalue weighted by atomic mass is 19.1. The van der Waals surface area contributed by atoms with Crippen LogP contribution in [0.15, 0.2) is 48.8 Å². The van der Waals surface area contributed by atoms with Gasteiger partial charge < -0.3 is 9.47 Å². The number of pyridine rings is 1. The quantitative estimate of drug-likeness (QED) is 0.266. The number of carbonyl (C=O) groups excluding carboxylic acids is 1. The van der Waals surface area contributed by atoms with Crippen LogP contribution >= 0.6 is 0 Å². The van der Waals surface area contributed by atoms with Gasteiger partial charge in [-0.25, -0.2) is 14.4 Å². The predicted octanol–water partition coefficient (Wildman–Crippen LogP) is 5.16. The molecule has 2 heterocycles. The van der Waals surface area contributed by atoms with Crippen LogP contribution in [0.1, 0.15) is 42.4 Å². The monoisotopic (exact) mass is 448 g/mol. The van der Waals surface area contributed by atoms with Crippen LogP contribution < -0.4 is 9.47 Å². The van der Waals surface area contributed by atoms with Crippen molar-refractivity contribution in [3.8, 4) is 22.8 Å². The smallest absolute Gasteiger partial charge is 0.162 e. The number of aromatic nitrogens is 4. The maximum absolute atomic E-state index is 13.7. The largest absolute Gasteiger partial charge is 0.496 e. The maximum Gasteiger partial charge on any atom is 0.162 e. The van der Waals surface area contributed by atoms with Gasteiger partial charge in [-0.3, -0.25) is 9.89 Å². The van der Waals surface area contributed by atoms with E-state index in [0.717, 1.165) is 30.5 Å². The van der Waals surface area contributed by atoms with E-state index >= 15 is 0 Å². The highest BCUT2D eigenvalue weighted by Crippen LogP contribution is 2.35. The molecule has 0 atom stereocenters. The van der Waals surface area contributed by atoms with E-state index in [1.54, 1.807) is 12.1 Å². The molecule has 0 aliphatic rings. The zero-order chi connectivity index (χ0) is 23.2. The molecule has 0 bridgehead atoms. The molecule has 0 radical (unpaired) electrons. The molecule has 0 spiro atoms. The Morgan fingerprint density at radius 1 is 1.09 bits per heavy atom. The molecule has 0 aliphatic carbocycles. The first-order chi connectivity index (χ1) is 16.1. The minimum absolute atomic E-state index is 0.0546. The van der Waals surface area contributed by atoms with Crippen molar-refractivity contribution in [2.75, 3.05) is 13.7 Å². The van der Waals surface area contributed by atoms with Crippen molar-refractivity contribution >= 4 is 16.7 Å². The molecule has 0 aliphatic heterocycles. The number of rotatable bonds is 10. The molecule has 170 valence electrons. The summed E-state index contributed by atoms with van der Waals surface area (Å²) in [6.45, 7) is 2.38. The highest BCUT2D eigenvalue weighted by Gasteiger charge is 2.15. The van der Waals surface area contributed by atoms with Crippen LogP contribution in [-0.4, -0.2) is 39.7 Å². The van der Waals surface area contributed by atoms with Crippen molar-refractivity contribution in [2.45, 2.75) is 32.6 Å². The van der Waals surface area contributed by atoms with Crippen molar-refractivity contribution in [3.63, 3.8) is 0 Å². The average molecular weight is 448 g/mol. The zero-order valence-electron chi connectivity index (χ0n) is 18.6. The van der Waals surface area contributed by atoms with Crippen molar-refractivity contribution in [2.24, 2.45) is 0 Å². The second-order valence-electron chi connectivity index (χ2n) is 7.58. The summed E-state index contributed by atoms with van der Waals surface area (Å²) in [4.78, 5) is 21.6. The number of benzene rings is 2.